The summed E-state index contributed by atoms with van der Waals surface area (Å²) < 4.78 is 9.61. The minimum absolute atomic E-state index is 0.0216. The Morgan fingerprint density at radius 2 is 1.70 bits per heavy atom. The lowest BCUT2D eigenvalue weighted by atomic mass is 9.84. The number of thiazole rings is 1. The number of carboxylic acid groups (broad SMARTS) is 1. The van der Waals surface area contributed by atoms with E-state index in [4.69, 9.17) is 14.8 Å². The van der Waals surface area contributed by atoms with E-state index < -0.39 is 11.9 Å². The van der Waals surface area contributed by atoms with E-state index in [1.54, 1.807) is 0 Å². The van der Waals surface area contributed by atoms with Crippen molar-refractivity contribution in [2.45, 2.75) is 96.2 Å². The molecule has 3 N–H and O–H groups in total. The normalized spacial score (nSPS) is 20.5. The fraction of sp³-hybridized carbons (Fsp3) is 0.386. The molecule has 11 rings (SSSR count). The van der Waals surface area contributed by atoms with Gasteiger partial charge in [-0.05, 0) is 142 Å². The first-order valence-corrected chi connectivity index (χ1v) is 26.6. The number of aromatic carboxylic acids is 1. The Hall–Kier alpha value is -7.17. The number of benzene rings is 4. The number of piperazine rings is 1. The van der Waals surface area contributed by atoms with Crippen molar-refractivity contribution >= 4 is 72.8 Å². The summed E-state index contributed by atoms with van der Waals surface area (Å²) in [6.45, 7) is 9.28. The second-order valence-electron chi connectivity index (χ2n) is 20.3. The van der Waals surface area contributed by atoms with Crippen LogP contribution in [0.3, 0.4) is 0 Å². The largest absolute Gasteiger partial charge is 0.490 e. The molecule has 16 heteroatoms. The van der Waals surface area contributed by atoms with Gasteiger partial charge in [-0.25, -0.2) is 14.8 Å². The van der Waals surface area contributed by atoms with E-state index in [1.807, 2.05) is 102 Å². The molecule has 0 radical (unpaired) electrons. The predicted octanol–water partition coefficient (Wildman–Crippen LogP) is 9.52. The smallest absolute Gasteiger partial charge is 0.355 e. The third-order valence-electron chi connectivity index (χ3n) is 15.6. The SMILES string of the molecule is Cc1c(OC2CCC(CCCN3CCN(c4cccc5c(C6CCC(=O)NC6=O)nn(C)c45)[C@@H](C)C3)CC2)cccc1-c1ccc(N2CCc3cccc(C(=O)Nc4nc5ccccc5s4)c3C2)nc1C(=O)O. The number of imide groups is 1. The summed E-state index contributed by atoms with van der Waals surface area (Å²) in [5.74, 6) is -0.257. The van der Waals surface area contributed by atoms with Crippen molar-refractivity contribution in [1.82, 2.24) is 30.0 Å². The number of carboxylic acids is 1. The van der Waals surface area contributed by atoms with Crippen molar-refractivity contribution in [3.05, 3.63) is 125 Å². The number of aromatic nitrogens is 4. The molecule has 73 heavy (non-hydrogen) atoms. The first-order chi connectivity index (χ1) is 35.4. The zero-order valence-electron chi connectivity index (χ0n) is 41.6. The molecule has 0 bridgehead atoms. The Labute approximate surface area is 428 Å². The Kier molecular flexibility index (Phi) is 13.4. The van der Waals surface area contributed by atoms with E-state index in [0.29, 0.717) is 66.4 Å². The van der Waals surface area contributed by atoms with E-state index in [2.05, 4.69) is 44.5 Å². The Bertz CT molecular complexity index is 3240. The third kappa shape index (κ3) is 9.77. The summed E-state index contributed by atoms with van der Waals surface area (Å²) >= 11 is 1.44. The minimum Gasteiger partial charge on any atom is -0.490 e. The van der Waals surface area contributed by atoms with Crippen LogP contribution in [0.5, 0.6) is 5.75 Å². The van der Waals surface area contributed by atoms with Crippen molar-refractivity contribution in [2.75, 3.05) is 47.8 Å². The van der Waals surface area contributed by atoms with E-state index in [-0.39, 0.29) is 29.5 Å². The van der Waals surface area contributed by atoms with Crippen molar-refractivity contribution in [2.24, 2.45) is 13.0 Å². The molecule has 3 amide bonds. The molecule has 4 aliphatic rings. The standard InChI is InChI=1S/C57H61N9O6S/c1-34-32-64(30-31-66(34)46-16-7-14-42-51(62-63(3)53(42)46)43-24-26-50(67)60-55(43)69)28-9-10-36-19-21-38(22-20-36)72-47-17-8-12-39(35(47)2)40-23-25-49(59-52(40)56(70)71)65-29-27-37-11-6-13-41(44(37)33-65)54(68)61-57-58-45-15-4-5-18-48(45)73-57/h4-8,11-18,23,25,34,36,38,43H,9-10,19-22,24,26-33H2,1-3H3,(H,70,71)(H,58,61,68)(H,60,67,69)/t34-,36?,38?,43?/m0/s1. The number of piperidine rings is 1. The lowest BCUT2D eigenvalue weighted by Crippen LogP contribution is -2.52. The molecule has 376 valence electrons. The van der Waals surface area contributed by atoms with Gasteiger partial charge in [-0.1, -0.05) is 59.9 Å². The van der Waals surface area contributed by atoms with E-state index in [0.717, 1.165) is 119 Å². The van der Waals surface area contributed by atoms with Gasteiger partial charge in [-0.2, -0.15) is 5.10 Å². The van der Waals surface area contributed by atoms with Gasteiger partial charge in [0.1, 0.15) is 11.6 Å². The summed E-state index contributed by atoms with van der Waals surface area (Å²) in [6.07, 6.45) is 8.14. The number of aryl methyl sites for hydroxylation is 1. The van der Waals surface area contributed by atoms with Crippen LogP contribution in [-0.2, 0) is 29.6 Å². The highest BCUT2D eigenvalue weighted by Crippen LogP contribution is 2.39. The van der Waals surface area contributed by atoms with Crippen LogP contribution in [0.2, 0.25) is 0 Å². The highest BCUT2D eigenvalue weighted by molar-refractivity contribution is 7.22. The van der Waals surface area contributed by atoms with Gasteiger partial charge in [0.2, 0.25) is 11.8 Å². The van der Waals surface area contributed by atoms with Gasteiger partial charge in [0.15, 0.2) is 10.8 Å². The van der Waals surface area contributed by atoms with Gasteiger partial charge < -0.3 is 19.6 Å². The van der Waals surface area contributed by atoms with Crippen LogP contribution in [0, 0.1) is 12.8 Å². The number of carbonyl (C=O) groups is 4. The molecule has 1 saturated carbocycles. The molecule has 15 nitrogen and oxygen atoms in total. The lowest BCUT2D eigenvalue weighted by molar-refractivity contribution is -0.134. The number of nitrogens with zero attached hydrogens (tertiary/aromatic N) is 7. The monoisotopic (exact) mass is 999 g/mol. The van der Waals surface area contributed by atoms with Crippen LogP contribution in [0.4, 0.5) is 16.6 Å². The summed E-state index contributed by atoms with van der Waals surface area (Å²) in [5, 5.41) is 22.4. The average molecular weight is 1000 g/mol. The van der Waals surface area contributed by atoms with Crippen LogP contribution >= 0.6 is 11.3 Å². The quantitative estimate of drug-likeness (QED) is 0.0935. The number of pyridine rings is 1. The van der Waals surface area contributed by atoms with Crippen LogP contribution in [-0.4, -0.2) is 98.3 Å². The number of para-hydroxylation sites is 2. The fourth-order valence-electron chi connectivity index (χ4n) is 11.8. The number of nitrogens with one attached hydrogen (secondary N) is 2. The van der Waals surface area contributed by atoms with Gasteiger partial charge in [-0.15, -0.1) is 0 Å². The molecule has 0 spiro atoms. The summed E-state index contributed by atoms with van der Waals surface area (Å²) in [5.41, 5.74) is 8.49. The Balaban J connectivity index is 0.678. The maximum absolute atomic E-state index is 13.7. The molecule has 3 aliphatic heterocycles. The van der Waals surface area contributed by atoms with Crippen molar-refractivity contribution < 1.29 is 29.0 Å². The van der Waals surface area contributed by atoms with Gasteiger partial charge in [0, 0.05) is 68.7 Å². The average Bonchev–Trinajstić information content (AvgIpc) is 3.97. The number of rotatable bonds is 13. The van der Waals surface area contributed by atoms with Crippen LogP contribution in [0.15, 0.2) is 91.0 Å². The number of fused-ring (bicyclic) bond motifs is 3. The number of ether oxygens (including phenoxy) is 1. The second kappa shape index (κ2) is 20.4. The first kappa shape index (κ1) is 48.1. The lowest BCUT2D eigenvalue weighted by Gasteiger charge is -2.41. The van der Waals surface area contributed by atoms with Crippen molar-refractivity contribution in [3.63, 3.8) is 0 Å². The maximum Gasteiger partial charge on any atom is 0.355 e. The number of amides is 3. The topological polar surface area (TPSA) is 175 Å². The molecule has 2 atom stereocenters. The number of carbonyl (C=O) groups excluding carboxylic acids is 3. The Morgan fingerprint density at radius 1 is 0.877 bits per heavy atom. The van der Waals surface area contributed by atoms with Crippen molar-refractivity contribution in [1.29, 1.82) is 0 Å². The highest BCUT2D eigenvalue weighted by Gasteiger charge is 2.34. The van der Waals surface area contributed by atoms with Crippen LogP contribution in [0.25, 0.3) is 32.2 Å². The van der Waals surface area contributed by atoms with E-state index in [1.165, 1.54) is 17.8 Å². The number of hydrogen-bond acceptors (Lipinski definition) is 12. The Morgan fingerprint density at radius 3 is 2.51 bits per heavy atom. The molecule has 6 heterocycles. The molecule has 2 saturated heterocycles. The van der Waals surface area contributed by atoms with Crippen LogP contribution in [0.1, 0.15) is 107 Å². The predicted molar refractivity (Wildman–Crippen MR) is 285 cm³/mol. The first-order valence-electron chi connectivity index (χ1n) is 25.8. The molecule has 7 aromatic rings. The molecule has 3 fully saturated rings. The molecular weight excluding hydrogens is 939 g/mol. The number of hydrogen-bond donors (Lipinski definition) is 3. The van der Waals surface area contributed by atoms with Gasteiger partial charge >= 0.3 is 5.97 Å². The second-order valence-corrected chi connectivity index (χ2v) is 21.3. The van der Waals surface area contributed by atoms with E-state index >= 15 is 0 Å². The van der Waals surface area contributed by atoms with E-state index in [9.17, 15) is 24.3 Å². The molecule has 4 aromatic carbocycles. The highest BCUT2D eigenvalue weighted by atomic mass is 32.1. The van der Waals surface area contributed by atoms with Gasteiger partial charge in [0.25, 0.3) is 5.91 Å². The van der Waals surface area contributed by atoms with Crippen LogP contribution < -0.4 is 25.2 Å². The maximum atomic E-state index is 13.7. The summed E-state index contributed by atoms with van der Waals surface area (Å²) in [6, 6.07) is 29.8. The molecule has 1 aliphatic carbocycles. The van der Waals surface area contributed by atoms with Gasteiger partial charge in [-0.3, -0.25) is 34.6 Å². The molecule has 3 aromatic heterocycles. The zero-order chi connectivity index (χ0) is 50.3. The van der Waals surface area contributed by atoms with Gasteiger partial charge in [0.05, 0.1) is 39.1 Å². The minimum atomic E-state index is -1.10. The third-order valence-corrected chi connectivity index (χ3v) is 16.6. The zero-order valence-corrected chi connectivity index (χ0v) is 42.4. The number of anilines is 3. The summed E-state index contributed by atoms with van der Waals surface area (Å²) in [7, 11) is 1.95. The van der Waals surface area contributed by atoms with Crippen molar-refractivity contribution in [3.8, 4) is 16.9 Å². The molecule has 1 unspecified atom stereocenters. The fourth-order valence-corrected chi connectivity index (χ4v) is 12.7. The summed E-state index contributed by atoms with van der Waals surface area (Å²) in [4.78, 5) is 67.7. The molecular formula is C57H61N9O6S.